The van der Waals surface area contributed by atoms with Gasteiger partial charge >= 0.3 is 5.97 Å². The lowest BCUT2D eigenvalue weighted by Crippen LogP contribution is -2.51. The van der Waals surface area contributed by atoms with E-state index in [2.05, 4.69) is 58.0 Å². The van der Waals surface area contributed by atoms with Gasteiger partial charge in [0, 0.05) is 0 Å². The predicted molar refractivity (Wildman–Crippen MR) is 130 cm³/mol. The van der Waals surface area contributed by atoms with Crippen molar-refractivity contribution in [1.29, 1.82) is 0 Å². The van der Waals surface area contributed by atoms with Gasteiger partial charge in [0.05, 0.1) is 10.8 Å². The molecule has 0 N–H and O–H groups in total. The lowest BCUT2D eigenvalue weighted by atomic mass is 9.49. The summed E-state index contributed by atoms with van der Waals surface area (Å²) in [5.41, 5.74) is 4.96. The molecule has 4 fully saturated rings. The zero-order chi connectivity index (χ0) is 22.5. The summed E-state index contributed by atoms with van der Waals surface area (Å²) in [7, 11) is 0. The summed E-state index contributed by atoms with van der Waals surface area (Å²) in [6.07, 6.45) is 11.1. The van der Waals surface area contributed by atoms with E-state index in [1.165, 1.54) is 41.5 Å². The molecule has 0 amide bonds. The van der Waals surface area contributed by atoms with Gasteiger partial charge < -0.3 is 4.74 Å². The Kier molecular flexibility index (Phi) is 5.63. The van der Waals surface area contributed by atoms with Crippen LogP contribution in [0, 0.1) is 23.2 Å². The van der Waals surface area contributed by atoms with Crippen LogP contribution in [0.1, 0.15) is 97.5 Å². The van der Waals surface area contributed by atoms with Gasteiger partial charge in [-0.3, -0.25) is 4.79 Å². The number of benzene rings is 1. The third kappa shape index (κ3) is 3.08. The van der Waals surface area contributed by atoms with Crippen LogP contribution >= 0.6 is 0 Å². The standard InChI is InChI=1S/C30H40O2/c1-5-24-25(6-2)27(30(8-4,26(24)7-3)23-12-10-9-11-13-23)32-28(31)29-17-20-14-21(18-29)16-22(15-20)19-29/h9-13,20-22H,5-8,14-19H2,1-4H3. The molecule has 0 saturated heterocycles. The molecule has 2 heteroatoms. The predicted octanol–water partition coefficient (Wildman–Crippen LogP) is 7.89. The fourth-order valence-electron chi connectivity index (χ4n) is 8.60. The molecule has 1 aromatic carbocycles. The van der Waals surface area contributed by atoms with Gasteiger partial charge in [-0.2, -0.15) is 0 Å². The SMILES string of the molecule is CCC1=C(CC)C(CC)(c2ccccc2)C(OC(=O)C23CC4CC(CC(C4)C2)C3)=C1CC. The highest BCUT2D eigenvalue weighted by Crippen LogP contribution is 2.62. The van der Waals surface area contributed by atoms with Crippen molar-refractivity contribution in [3.05, 3.63) is 58.4 Å². The van der Waals surface area contributed by atoms with Crippen LogP contribution in [0.4, 0.5) is 0 Å². The molecule has 5 aliphatic carbocycles. The van der Waals surface area contributed by atoms with Crippen molar-refractivity contribution < 1.29 is 9.53 Å². The number of carbonyl (C=O) groups excluding carboxylic acids is 1. The van der Waals surface area contributed by atoms with Gasteiger partial charge in [0.25, 0.3) is 0 Å². The Morgan fingerprint density at radius 2 is 1.41 bits per heavy atom. The van der Waals surface area contributed by atoms with E-state index >= 15 is 0 Å². The molecule has 32 heavy (non-hydrogen) atoms. The van der Waals surface area contributed by atoms with Gasteiger partial charge in [0.15, 0.2) is 0 Å². The van der Waals surface area contributed by atoms with Gasteiger partial charge in [-0.15, -0.1) is 0 Å². The van der Waals surface area contributed by atoms with Crippen LogP contribution in [0.25, 0.3) is 0 Å². The minimum Gasteiger partial charge on any atom is -0.429 e. The van der Waals surface area contributed by atoms with E-state index in [0.29, 0.717) is 0 Å². The van der Waals surface area contributed by atoms with Crippen molar-refractivity contribution in [2.75, 3.05) is 0 Å². The van der Waals surface area contributed by atoms with Gasteiger partial charge in [0.2, 0.25) is 0 Å². The minimum atomic E-state index is -0.301. The fourth-order valence-corrected chi connectivity index (χ4v) is 8.60. The lowest BCUT2D eigenvalue weighted by Gasteiger charge is -2.55. The average Bonchev–Trinajstić information content (AvgIpc) is 3.07. The number of carbonyl (C=O) groups is 1. The second-order valence-electron chi connectivity index (χ2n) is 11.0. The summed E-state index contributed by atoms with van der Waals surface area (Å²) in [4.78, 5) is 14.1. The highest BCUT2D eigenvalue weighted by Gasteiger charge is 2.57. The van der Waals surface area contributed by atoms with E-state index < -0.39 is 0 Å². The molecule has 2 nitrogen and oxygen atoms in total. The summed E-state index contributed by atoms with van der Waals surface area (Å²) in [6.45, 7) is 9.03. The first-order chi connectivity index (χ1) is 15.5. The molecule has 0 spiro atoms. The molecule has 4 bridgehead atoms. The number of rotatable bonds is 7. The molecule has 1 atom stereocenters. The molecule has 0 radical (unpaired) electrons. The van der Waals surface area contributed by atoms with Crippen LogP contribution in [0.5, 0.6) is 0 Å². The molecule has 1 unspecified atom stereocenters. The Bertz CT molecular complexity index is 915. The zero-order valence-electron chi connectivity index (χ0n) is 20.5. The van der Waals surface area contributed by atoms with Gasteiger partial charge in [0.1, 0.15) is 5.76 Å². The Labute approximate surface area is 194 Å². The molecule has 5 aliphatic rings. The monoisotopic (exact) mass is 432 g/mol. The maximum absolute atomic E-state index is 14.1. The quantitative estimate of drug-likeness (QED) is 0.409. The largest absolute Gasteiger partial charge is 0.429 e. The van der Waals surface area contributed by atoms with E-state index in [-0.39, 0.29) is 16.8 Å². The van der Waals surface area contributed by atoms with Crippen LogP contribution in [0.3, 0.4) is 0 Å². The number of esters is 1. The normalized spacial score (nSPS) is 35.7. The Morgan fingerprint density at radius 3 is 1.88 bits per heavy atom. The van der Waals surface area contributed by atoms with Crippen LogP contribution in [-0.4, -0.2) is 5.97 Å². The molecular weight excluding hydrogens is 392 g/mol. The lowest BCUT2D eigenvalue weighted by molar-refractivity contribution is -0.168. The van der Waals surface area contributed by atoms with E-state index in [1.54, 1.807) is 0 Å². The second kappa shape index (κ2) is 8.19. The van der Waals surface area contributed by atoms with Crippen LogP contribution in [0.2, 0.25) is 0 Å². The molecule has 6 rings (SSSR count). The topological polar surface area (TPSA) is 26.3 Å². The third-order valence-electron chi connectivity index (χ3n) is 9.43. The van der Waals surface area contributed by atoms with Gasteiger partial charge in [-0.1, -0.05) is 58.0 Å². The van der Waals surface area contributed by atoms with Crippen molar-refractivity contribution in [2.24, 2.45) is 23.2 Å². The first-order valence-electron chi connectivity index (χ1n) is 13.3. The summed E-state index contributed by atoms with van der Waals surface area (Å²) in [6, 6.07) is 10.8. The molecule has 0 aromatic heterocycles. The van der Waals surface area contributed by atoms with E-state index in [4.69, 9.17) is 4.74 Å². The summed E-state index contributed by atoms with van der Waals surface area (Å²) in [5, 5.41) is 0. The Hall–Kier alpha value is -1.83. The summed E-state index contributed by atoms with van der Waals surface area (Å²) < 4.78 is 6.72. The highest BCUT2D eigenvalue weighted by atomic mass is 16.5. The second-order valence-corrected chi connectivity index (χ2v) is 11.0. The first kappa shape index (κ1) is 22.0. The maximum Gasteiger partial charge on any atom is 0.317 e. The van der Waals surface area contributed by atoms with Gasteiger partial charge in [-0.05, 0) is 104 Å². The molecule has 0 aliphatic heterocycles. The molecule has 172 valence electrons. The fraction of sp³-hybridized carbons (Fsp3) is 0.633. The van der Waals surface area contributed by atoms with Crippen LogP contribution in [-0.2, 0) is 14.9 Å². The first-order valence-corrected chi connectivity index (χ1v) is 13.3. The highest BCUT2D eigenvalue weighted by molar-refractivity contribution is 5.80. The number of hydrogen-bond donors (Lipinski definition) is 0. The maximum atomic E-state index is 14.1. The molecular formula is C30H40O2. The van der Waals surface area contributed by atoms with Crippen LogP contribution < -0.4 is 0 Å². The van der Waals surface area contributed by atoms with Crippen molar-refractivity contribution in [1.82, 2.24) is 0 Å². The molecule has 1 aromatic rings. The van der Waals surface area contributed by atoms with Crippen molar-refractivity contribution >= 4 is 5.97 Å². The number of allylic oxidation sites excluding steroid dienone is 3. The summed E-state index contributed by atoms with van der Waals surface area (Å²) >= 11 is 0. The van der Waals surface area contributed by atoms with Crippen molar-refractivity contribution in [2.45, 2.75) is 97.3 Å². The van der Waals surface area contributed by atoms with E-state index in [9.17, 15) is 4.79 Å². The molecule has 4 saturated carbocycles. The smallest absolute Gasteiger partial charge is 0.317 e. The average molecular weight is 433 g/mol. The zero-order valence-corrected chi connectivity index (χ0v) is 20.5. The van der Waals surface area contributed by atoms with Gasteiger partial charge in [-0.25, -0.2) is 0 Å². The minimum absolute atomic E-state index is 0.0964. The Morgan fingerprint density at radius 1 is 0.844 bits per heavy atom. The number of ether oxygens (including phenoxy) is 1. The third-order valence-corrected chi connectivity index (χ3v) is 9.43. The Balaban J connectivity index is 1.58. The van der Waals surface area contributed by atoms with Crippen molar-refractivity contribution in [3.63, 3.8) is 0 Å². The van der Waals surface area contributed by atoms with Crippen molar-refractivity contribution in [3.8, 4) is 0 Å². The van der Waals surface area contributed by atoms with E-state index in [1.807, 2.05) is 0 Å². The molecule has 0 heterocycles. The summed E-state index contributed by atoms with van der Waals surface area (Å²) in [5.74, 6) is 3.31. The van der Waals surface area contributed by atoms with E-state index in [0.717, 1.165) is 68.5 Å². The van der Waals surface area contributed by atoms with Crippen LogP contribution in [0.15, 0.2) is 52.8 Å². The number of hydrogen-bond acceptors (Lipinski definition) is 2.